The maximum Gasteiger partial charge on any atom is 0.416 e. The van der Waals surface area contributed by atoms with Gasteiger partial charge in [-0.1, -0.05) is 48.9 Å². The van der Waals surface area contributed by atoms with Crippen LogP contribution in [0.1, 0.15) is 42.4 Å². The molecule has 0 bridgehead atoms. The van der Waals surface area contributed by atoms with E-state index in [1.165, 1.54) is 11.0 Å². The van der Waals surface area contributed by atoms with Crippen LogP contribution in [0.4, 0.5) is 9.18 Å². The van der Waals surface area contributed by atoms with E-state index in [0.717, 1.165) is 24.0 Å². The highest BCUT2D eigenvalue weighted by atomic mass is 19.1. The van der Waals surface area contributed by atoms with Crippen LogP contribution >= 0.6 is 0 Å². The lowest BCUT2D eigenvalue weighted by molar-refractivity contribution is -0.129. The number of amides is 2. The minimum absolute atomic E-state index is 0.180. The lowest BCUT2D eigenvalue weighted by Gasteiger charge is -2.19. The van der Waals surface area contributed by atoms with Crippen molar-refractivity contribution in [1.82, 2.24) is 4.90 Å². The summed E-state index contributed by atoms with van der Waals surface area (Å²) in [4.78, 5) is 25.8. The predicted octanol–water partition coefficient (Wildman–Crippen LogP) is 4.80. The van der Waals surface area contributed by atoms with Crippen LogP contribution in [-0.4, -0.2) is 36.2 Å². The second-order valence-electron chi connectivity index (χ2n) is 7.63. The molecule has 0 N–H and O–H groups in total. The zero-order valence-corrected chi connectivity index (χ0v) is 17.3. The molecule has 1 unspecified atom stereocenters. The van der Waals surface area contributed by atoms with Crippen LogP contribution < -0.4 is 0 Å². The molecule has 1 saturated heterocycles. The van der Waals surface area contributed by atoms with Gasteiger partial charge in [-0.2, -0.15) is 0 Å². The number of benzene rings is 2. The van der Waals surface area contributed by atoms with Crippen molar-refractivity contribution in [2.24, 2.45) is 0 Å². The minimum Gasteiger partial charge on any atom is -0.447 e. The largest absolute Gasteiger partial charge is 0.447 e. The summed E-state index contributed by atoms with van der Waals surface area (Å²) in [5, 5.41) is 0. The first-order valence-electron chi connectivity index (χ1n) is 10.4. The van der Waals surface area contributed by atoms with Crippen LogP contribution in [0, 0.1) is 12.7 Å². The molecular formula is C24H28FNO4. The van der Waals surface area contributed by atoms with Gasteiger partial charge < -0.3 is 9.47 Å². The molecule has 1 atom stereocenters. The van der Waals surface area contributed by atoms with Gasteiger partial charge in [0.2, 0.25) is 5.91 Å². The first-order chi connectivity index (χ1) is 14.5. The Bertz CT molecular complexity index is 856. The molecule has 1 aliphatic heterocycles. The monoisotopic (exact) mass is 413 g/mol. The molecule has 6 heteroatoms. The van der Waals surface area contributed by atoms with Gasteiger partial charge in [0.15, 0.2) is 0 Å². The zero-order chi connectivity index (χ0) is 21.3. The third-order valence-electron chi connectivity index (χ3n) is 5.21. The second kappa shape index (κ2) is 10.9. The Kier molecular flexibility index (Phi) is 7.97. The van der Waals surface area contributed by atoms with Gasteiger partial charge >= 0.3 is 6.09 Å². The molecule has 0 radical (unpaired) electrons. The van der Waals surface area contributed by atoms with Crippen LogP contribution in [0.2, 0.25) is 0 Å². The number of imide groups is 1. The van der Waals surface area contributed by atoms with Crippen LogP contribution in [0.5, 0.6) is 0 Å². The topological polar surface area (TPSA) is 55.8 Å². The van der Waals surface area contributed by atoms with Crippen molar-refractivity contribution < 1.29 is 23.5 Å². The average Bonchev–Trinajstić information content (AvgIpc) is 3.10. The summed E-state index contributed by atoms with van der Waals surface area (Å²) in [5.74, 6) is -0.391. The van der Waals surface area contributed by atoms with E-state index in [1.54, 1.807) is 19.1 Å². The molecule has 2 aromatic carbocycles. The van der Waals surface area contributed by atoms with Gasteiger partial charge in [0.05, 0.1) is 12.6 Å². The van der Waals surface area contributed by atoms with Crippen LogP contribution in [-0.2, 0) is 27.3 Å². The normalized spacial score (nSPS) is 16.0. The van der Waals surface area contributed by atoms with E-state index < -0.39 is 6.09 Å². The molecule has 1 heterocycles. The summed E-state index contributed by atoms with van der Waals surface area (Å²) in [6, 6.07) is 14.5. The van der Waals surface area contributed by atoms with Gasteiger partial charge in [0.1, 0.15) is 12.4 Å². The summed E-state index contributed by atoms with van der Waals surface area (Å²) in [5.41, 5.74) is 2.63. The van der Waals surface area contributed by atoms with E-state index in [4.69, 9.17) is 9.47 Å². The molecule has 1 aliphatic rings. The number of hydrogen-bond donors (Lipinski definition) is 0. The molecule has 5 nitrogen and oxygen atoms in total. The Morgan fingerprint density at radius 3 is 2.70 bits per heavy atom. The van der Waals surface area contributed by atoms with Gasteiger partial charge in [-0.05, 0) is 48.9 Å². The Balaban J connectivity index is 1.34. The van der Waals surface area contributed by atoms with E-state index in [1.807, 2.05) is 30.3 Å². The zero-order valence-electron chi connectivity index (χ0n) is 17.3. The lowest BCUT2D eigenvalue weighted by Crippen LogP contribution is -2.40. The number of unbranched alkanes of at least 4 members (excludes halogenated alkanes) is 2. The van der Waals surface area contributed by atoms with Gasteiger partial charge in [-0.15, -0.1) is 0 Å². The van der Waals surface area contributed by atoms with Crippen molar-refractivity contribution in [3.05, 3.63) is 71.0 Å². The average molecular weight is 413 g/mol. The molecule has 0 aromatic heterocycles. The standard InChI is InChI=1S/C24H28FNO4/c1-18-14-20(11-12-22(18)25)16-29-13-7-3-6-10-23(27)26-21(17-30-24(26)28)15-19-8-4-2-5-9-19/h2,4-5,8-9,11-12,14,21H,3,6-7,10,13,15-17H2,1H3. The van der Waals surface area contributed by atoms with Crippen molar-refractivity contribution in [3.63, 3.8) is 0 Å². The molecule has 30 heavy (non-hydrogen) atoms. The van der Waals surface area contributed by atoms with Crippen molar-refractivity contribution in [3.8, 4) is 0 Å². The summed E-state index contributed by atoms with van der Waals surface area (Å²) >= 11 is 0. The third kappa shape index (κ3) is 6.13. The highest BCUT2D eigenvalue weighted by Crippen LogP contribution is 2.19. The number of carbonyl (C=O) groups excluding carboxylic acids is 2. The SMILES string of the molecule is Cc1cc(COCCCCCC(=O)N2C(=O)OCC2Cc2ccccc2)ccc1F. The molecular weight excluding hydrogens is 385 g/mol. The van der Waals surface area contributed by atoms with Gasteiger partial charge in [0, 0.05) is 13.0 Å². The van der Waals surface area contributed by atoms with Gasteiger partial charge in [-0.3, -0.25) is 4.79 Å². The summed E-state index contributed by atoms with van der Waals surface area (Å²) in [7, 11) is 0. The van der Waals surface area contributed by atoms with E-state index in [9.17, 15) is 14.0 Å². The van der Waals surface area contributed by atoms with Crippen molar-refractivity contribution in [1.29, 1.82) is 0 Å². The summed E-state index contributed by atoms with van der Waals surface area (Å²) in [6.07, 6.45) is 2.73. The van der Waals surface area contributed by atoms with E-state index in [-0.39, 0.29) is 24.4 Å². The fourth-order valence-corrected chi connectivity index (χ4v) is 3.57. The number of aryl methyl sites for hydroxylation is 1. The third-order valence-corrected chi connectivity index (χ3v) is 5.21. The number of cyclic esters (lactones) is 1. The first-order valence-corrected chi connectivity index (χ1v) is 10.4. The second-order valence-corrected chi connectivity index (χ2v) is 7.63. The van der Waals surface area contributed by atoms with Crippen LogP contribution in [0.3, 0.4) is 0 Å². The molecule has 0 spiro atoms. The number of ether oxygens (including phenoxy) is 2. The minimum atomic E-state index is -0.543. The van der Waals surface area contributed by atoms with E-state index in [2.05, 4.69) is 0 Å². The fraction of sp³-hybridized carbons (Fsp3) is 0.417. The van der Waals surface area contributed by atoms with Crippen molar-refractivity contribution in [2.45, 2.75) is 51.7 Å². The predicted molar refractivity (Wildman–Crippen MR) is 111 cm³/mol. The Morgan fingerprint density at radius 2 is 1.93 bits per heavy atom. The maximum atomic E-state index is 13.3. The highest BCUT2D eigenvalue weighted by molar-refractivity contribution is 5.93. The highest BCUT2D eigenvalue weighted by Gasteiger charge is 2.37. The number of carbonyl (C=O) groups is 2. The van der Waals surface area contributed by atoms with Crippen LogP contribution in [0.25, 0.3) is 0 Å². The van der Waals surface area contributed by atoms with Crippen molar-refractivity contribution >= 4 is 12.0 Å². The smallest absolute Gasteiger partial charge is 0.416 e. The maximum absolute atomic E-state index is 13.3. The first kappa shape index (κ1) is 22.0. The fourth-order valence-electron chi connectivity index (χ4n) is 3.57. The Morgan fingerprint density at radius 1 is 1.13 bits per heavy atom. The number of rotatable bonds is 10. The van der Waals surface area contributed by atoms with Crippen molar-refractivity contribution in [2.75, 3.05) is 13.2 Å². The van der Waals surface area contributed by atoms with Gasteiger partial charge in [0.25, 0.3) is 0 Å². The Hall–Kier alpha value is -2.73. The Labute approximate surface area is 176 Å². The molecule has 160 valence electrons. The number of hydrogen-bond acceptors (Lipinski definition) is 4. The molecule has 2 aromatic rings. The summed E-state index contributed by atoms with van der Waals surface area (Å²) in [6.45, 7) is 3.00. The lowest BCUT2D eigenvalue weighted by atomic mass is 10.1. The van der Waals surface area contributed by atoms with Gasteiger partial charge in [-0.25, -0.2) is 14.1 Å². The molecule has 3 rings (SSSR count). The molecule has 0 aliphatic carbocycles. The molecule has 2 amide bonds. The quantitative estimate of drug-likeness (QED) is 0.525. The van der Waals surface area contributed by atoms with Crippen LogP contribution in [0.15, 0.2) is 48.5 Å². The summed E-state index contributed by atoms with van der Waals surface area (Å²) < 4.78 is 24.0. The molecule has 0 saturated carbocycles. The molecule has 1 fully saturated rings. The van der Waals surface area contributed by atoms with E-state index in [0.29, 0.717) is 38.0 Å². The number of nitrogens with zero attached hydrogens (tertiary/aromatic N) is 1. The number of halogens is 1. The van der Waals surface area contributed by atoms with E-state index >= 15 is 0 Å².